The predicted molar refractivity (Wildman–Crippen MR) is 107 cm³/mol. The molecule has 0 bridgehead atoms. The van der Waals surface area contributed by atoms with E-state index < -0.39 is 6.04 Å². The number of aromatic amines is 1. The van der Waals surface area contributed by atoms with Gasteiger partial charge < -0.3 is 9.47 Å². The fraction of sp³-hybridized carbons (Fsp3) is 0.100. The van der Waals surface area contributed by atoms with Gasteiger partial charge in [0.1, 0.15) is 10.7 Å². The van der Waals surface area contributed by atoms with Gasteiger partial charge in [-0.3, -0.25) is 9.89 Å². The molecular formula is C20H17N5OS. The van der Waals surface area contributed by atoms with Gasteiger partial charge in [0.2, 0.25) is 0 Å². The first kappa shape index (κ1) is 17.1. The van der Waals surface area contributed by atoms with Crippen LogP contribution in [0.1, 0.15) is 11.6 Å². The Bertz CT molecular complexity index is 1140. The van der Waals surface area contributed by atoms with E-state index in [1.54, 1.807) is 29.0 Å². The van der Waals surface area contributed by atoms with Crippen LogP contribution < -0.4 is 4.90 Å². The number of carbonyl (C=O) groups is 1. The molecule has 4 aromatic rings. The average molecular weight is 375 g/mol. The minimum absolute atomic E-state index is 0.104. The fourth-order valence-electron chi connectivity index (χ4n) is 3.05. The molecule has 0 saturated heterocycles. The van der Waals surface area contributed by atoms with E-state index in [2.05, 4.69) is 15.2 Å². The second kappa shape index (κ2) is 7.13. The molecular weight excluding hydrogens is 358 g/mol. The molecule has 0 spiro atoms. The third-order valence-electron chi connectivity index (χ3n) is 4.50. The van der Waals surface area contributed by atoms with Crippen LogP contribution in [0.4, 0.5) is 5.69 Å². The van der Waals surface area contributed by atoms with Crippen molar-refractivity contribution in [1.29, 1.82) is 0 Å². The van der Waals surface area contributed by atoms with Crippen molar-refractivity contribution in [2.24, 2.45) is 0 Å². The largest absolute Gasteiger partial charge is 0.313 e. The molecule has 2 heterocycles. The first-order valence-electron chi connectivity index (χ1n) is 8.44. The minimum Gasteiger partial charge on any atom is -0.313 e. The maximum absolute atomic E-state index is 13.5. The molecule has 4 rings (SSSR count). The van der Waals surface area contributed by atoms with Crippen LogP contribution in [0.15, 0.2) is 73.2 Å². The molecule has 0 aliphatic rings. The van der Waals surface area contributed by atoms with E-state index in [0.29, 0.717) is 15.7 Å². The summed E-state index contributed by atoms with van der Waals surface area (Å²) in [5.74, 6) is -0.104. The Balaban J connectivity index is 1.86. The number of carbonyl (C=O) groups excluding carboxylic acids is 1. The molecule has 27 heavy (non-hydrogen) atoms. The number of likely N-dealkylation sites (N-methyl/N-ethyl adjacent to an activating group) is 1. The lowest BCUT2D eigenvalue weighted by atomic mass is 10.0. The van der Waals surface area contributed by atoms with Crippen molar-refractivity contribution in [3.05, 3.63) is 83.4 Å². The van der Waals surface area contributed by atoms with Crippen LogP contribution in [0.3, 0.4) is 0 Å². The molecule has 2 aromatic carbocycles. The summed E-state index contributed by atoms with van der Waals surface area (Å²) in [7, 11) is 1.76. The highest BCUT2D eigenvalue weighted by molar-refractivity contribution is 7.71. The molecule has 134 valence electrons. The highest BCUT2D eigenvalue weighted by Gasteiger charge is 2.27. The van der Waals surface area contributed by atoms with Crippen LogP contribution in [0.5, 0.6) is 0 Å². The second-order valence-corrected chi connectivity index (χ2v) is 6.52. The summed E-state index contributed by atoms with van der Waals surface area (Å²) in [5, 5.41) is 7.52. The van der Waals surface area contributed by atoms with Crippen molar-refractivity contribution in [2.75, 3.05) is 11.9 Å². The zero-order chi connectivity index (χ0) is 18.8. The number of anilines is 1. The molecule has 0 saturated carbocycles. The molecule has 1 unspecified atom stereocenters. The molecule has 0 aliphatic carbocycles. The Morgan fingerprint density at radius 2 is 1.78 bits per heavy atom. The van der Waals surface area contributed by atoms with Crippen molar-refractivity contribution in [2.45, 2.75) is 6.04 Å². The Morgan fingerprint density at radius 3 is 2.48 bits per heavy atom. The van der Waals surface area contributed by atoms with Gasteiger partial charge in [-0.2, -0.15) is 5.10 Å². The zero-order valence-electron chi connectivity index (χ0n) is 14.6. The number of para-hydroxylation sites is 1. The van der Waals surface area contributed by atoms with Crippen LogP contribution in [0.25, 0.3) is 11.0 Å². The van der Waals surface area contributed by atoms with Crippen LogP contribution in [-0.4, -0.2) is 32.7 Å². The van der Waals surface area contributed by atoms with Gasteiger partial charge in [-0.25, -0.2) is 4.98 Å². The number of benzene rings is 2. The number of nitrogens with one attached hydrogen (secondary N) is 1. The summed E-state index contributed by atoms with van der Waals surface area (Å²) in [4.78, 5) is 19.5. The van der Waals surface area contributed by atoms with Gasteiger partial charge in [0.05, 0.1) is 17.9 Å². The van der Waals surface area contributed by atoms with E-state index in [1.807, 2.05) is 60.7 Å². The van der Waals surface area contributed by atoms with Crippen LogP contribution in [-0.2, 0) is 4.79 Å². The number of aromatic nitrogens is 4. The van der Waals surface area contributed by atoms with Crippen LogP contribution >= 0.6 is 12.2 Å². The van der Waals surface area contributed by atoms with Crippen molar-refractivity contribution in [3.63, 3.8) is 0 Å². The summed E-state index contributed by atoms with van der Waals surface area (Å²) < 4.78 is 2.24. The summed E-state index contributed by atoms with van der Waals surface area (Å²) in [5.41, 5.74) is 2.25. The van der Waals surface area contributed by atoms with Gasteiger partial charge in [-0.1, -0.05) is 60.7 Å². The first-order valence-corrected chi connectivity index (χ1v) is 8.85. The number of amides is 1. The molecule has 0 fully saturated rings. The van der Waals surface area contributed by atoms with Crippen molar-refractivity contribution < 1.29 is 4.79 Å². The van der Waals surface area contributed by atoms with Crippen molar-refractivity contribution in [3.8, 4) is 0 Å². The highest BCUT2D eigenvalue weighted by Crippen LogP contribution is 2.25. The minimum atomic E-state index is -0.629. The highest BCUT2D eigenvalue weighted by atomic mass is 32.1. The molecule has 0 aliphatic heterocycles. The lowest BCUT2D eigenvalue weighted by molar-refractivity contribution is -0.120. The van der Waals surface area contributed by atoms with Crippen LogP contribution in [0, 0.1) is 4.64 Å². The maximum Gasteiger partial charge on any atom is 0.254 e. The number of hydrogen-bond donors (Lipinski definition) is 1. The number of fused-ring (bicyclic) bond motifs is 1. The summed E-state index contributed by atoms with van der Waals surface area (Å²) >= 11 is 5.64. The van der Waals surface area contributed by atoms with Gasteiger partial charge >= 0.3 is 0 Å². The number of hydrogen-bond acceptors (Lipinski definition) is 4. The fourth-order valence-corrected chi connectivity index (χ4v) is 3.35. The van der Waals surface area contributed by atoms with Crippen molar-refractivity contribution >= 4 is 34.8 Å². The van der Waals surface area contributed by atoms with Gasteiger partial charge in [-0.15, -0.1) is 0 Å². The Labute approximate surface area is 161 Å². The van der Waals surface area contributed by atoms with E-state index in [-0.39, 0.29) is 5.91 Å². The Morgan fingerprint density at radius 1 is 1.11 bits per heavy atom. The lowest BCUT2D eigenvalue weighted by Crippen LogP contribution is -2.35. The summed E-state index contributed by atoms with van der Waals surface area (Å²) in [6, 6.07) is 18.5. The quantitative estimate of drug-likeness (QED) is 0.552. The number of nitrogens with zero attached hydrogens (tertiary/aromatic N) is 4. The van der Waals surface area contributed by atoms with Crippen LogP contribution in [0.2, 0.25) is 0 Å². The topological polar surface area (TPSA) is 66.8 Å². The summed E-state index contributed by atoms with van der Waals surface area (Å²) in [6.07, 6.45) is 3.23. The average Bonchev–Trinajstić information content (AvgIpc) is 3.20. The van der Waals surface area contributed by atoms with Gasteiger partial charge in [0.15, 0.2) is 5.65 Å². The molecule has 0 radical (unpaired) electrons. The van der Waals surface area contributed by atoms with E-state index in [0.717, 1.165) is 11.3 Å². The standard InChI is InChI=1S/C20H17N5OS/c1-24(15-10-6-3-7-11-15)19(26)17(14-8-4-2-5-9-14)25-13-21-18-16(20(25)27)12-22-23-18/h2-13,17H,1H3,(H,22,23). The van der Waals surface area contributed by atoms with Gasteiger partial charge in [-0.05, 0) is 17.7 Å². The number of rotatable bonds is 4. The molecule has 1 N–H and O–H groups in total. The van der Waals surface area contributed by atoms with E-state index in [1.165, 1.54) is 0 Å². The number of H-pyrrole nitrogens is 1. The van der Waals surface area contributed by atoms with Gasteiger partial charge in [0, 0.05) is 12.7 Å². The molecule has 6 nitrogen and oxygen atoms in total. The lowest BCUT2D eigenvalue weighted by Gasteiger charge is -2.26. The maximum atomic E-state index is 13.5. The third-order valence-corrected chi connectivity index (χ3v) is 4.93. The Kier molecular flexibility index (Phi) is 4.52. The predicted octanol–water partition coefficient (Wildman–Crippen LogP) is 3.74. The SMILES string of the molecule is CN(C(=O)C(c1ccccc1)n1cnc2[nH]ncc2c1=S)c1ccccc1. The molecule has 1 amide bonds. The second-order valence-electron chi connectivity index (χ2n) is 6.14. The molecule has 2 aromatic heterocycles. The van der Waals surface area contributed by atoms with E-state index >= 15 is 0 Å². The summed E-state index contributed by atoms with van der Waals surface area (Å²) in [6.45, 7) is 0. The van der Waals surface area contributed by atoms with E-state index in [4.69, 9.17) is 12.2 Å². The monoisotopic (exact) mass is 375 g/mol. The molecule has 1 atom stereocenters. The molecule has 7 heteroatoms. The zero-order valence-corrected chi connectivity index (χ0v) is 15.4. The smallest absolute Gasteiger partial charge is 0.254 e. The normalized spacial score (nSPS) is 12.0. The third kappa shape index (κ3) is 3.13. The Hall–Kier alpha value is -3.32. The van der Waals surface area contributed by atoms with E-state index in [9.17, 15) is 4.79 Å². The van der Waals surface area contributed by atoms with Crippen molar-refractivity contribution in [1.82, 2.24) is 19.7 Å². The van der Waals surface area contributed by atoms with Gasteiger partial charge in [0.25, 0.3) is 5.91 Å². The first-order chi connectivity index (χ1) is 13.2.